The van der Waals surface area contributed by atoms with Crippen molar-refractivity contribution < 1.29 is 33.3 Å². The second-order valence-corrected chi connectivity index (χ2v) is 8.79. The predicted octanol–water partition coefficient (Wildman–Crippen LogP) is 5.02. The third kappa shape index (κ3) is 7.16. The lowest BCUT2D eigenvalue weighted by atomic mass is 10.1. The fraction of sp³-hybridized carbons (Fsp3) is 0.233. The van der Waals surface area contributed by atoms with Gasteiger partial charge in [0.2, 0.25) is 5.89 Å². The Hall–Kier alpha value is -4.79. The number of benzene rings is 3. The summed E-state index contributed by atoms with van der Waals surface area (Å²) in [7, 11) is 2.96. The van der Waals surface area contributed by atoms with Gasteiger partial charge in [0.05, 0.1) is 26.5 Å². The summed E-state index contributed by atoms with van der Waals surface area (Å²) in [6, 6.07) is 21.7. The first-order valence-corrected chi connectivity index (χ1v) is 12.3. The average molecular weight is 531 g/mol. The molecule has 0 radical (unpaired) electrons. The monoisotopic (exact) mass is 530 g/mol. The van der Waals surface area contributed by atoms with Crippen molar-refractivity contribution >= 4 is 11.9 Å². The number of hydrogen-bond donors (Lipinski definition) is 1. The number of nitrogens with zero attached hydrogens (tertiary/aromatic N) is 2. The number of carboxylic acid groups (broad SMARTS) is 1. The van der Waals surface area contributed by atoms with Crippen molar-refractivity contribution in [3.63, 3.8) is 0 Å². The molecule has 39 heavy (non-hydrogen) atoms. The Morgan fingerprint density at radius 1 is 0.923 bits per heavy atom. The number of oxazole rings is 1. The average Bonchev–Trinajstić information content (AvgIpc) is 3.32. The van der Waals surface area contributed by atoms with Crippen molar-refractivity contribution in [3.05, 3.63) is 95.4 Å². The third-order valence-corrected chi connectivity index (χ3v) is 6.00. The van der Waals surface area contributed by atoms with Crippen LogP contribution in [0.2, 0.25) is 0 Å². The molecule has 0 unspecified atom stereocenters. The topological polar surface area (TPSA) is 111 Å². The number of methoxy groups -OCH3 is 2. The van der Waals surface area contributed by atoms with Crippen molar-refractivity contribution in [1.82, 2.24) is 9.88 Å². The fourth-order valence-corrected chi connectivity index (χ4v) is 4.06. The van der Waals surface area contributed by atoms with E-state index in [0.717, 1.165) is 22.6 Å². The molecule has 9 heteroatoms. The van der Waals surface area contributed by atoms with Crippen LogP contribution in [0.4, 0.5) is 0 Å². The number of amides is 1. The number of carboxylic acids is 1. The molecule has 1 N–H and O–H groups in total. The van der Waals surface area contributed by atoms with Crippen LogP contribution in [0.1, 0.15) is 27.4 Å². The van der Waals surface area contributed by atoms with Crippen molar-refractivity contribution in [2.75, 3.05) is 27.4 Å². The van der Waals surface area contributed by atoms with Gasteiger partial charge in [0.15, 0.2) is 0 Å². The van der Waals surface area contributed by atoms with E-state index in [-0.39, 0.29) is 12.1 Å². The molecular weight excluding hydrogens is 500 g/mol. The molecule has 0 aliphatic carbocycles. The van der Waals surface area contributed by atoms with Crippen molar-refractivity contribution in [2.24, 2.45) is 0 Å². The molecular formula is C30H30N2O7. The zero-order valence-electron chi connectivity index (χ0n) is 22.0. The lowest BCUT2D eigenvalue weighted by Gasteiger charge is -2.22. The Morgan fingerprint density at radius 2 is 1.64 bits per heavy atom. The van der Waals surface area contributed by atoms with Gasteiger partial charge >= 0.3 is 5.97 Å². The first-order valence-electron chi connectivity index (χ1n) is 12.3. The molecule has 0 spiro atoms. The van der Waals surface area contributed by atoms with Crippen LogP contribution in [0, 0.1) is 6.92 Å². The summed E-state index contributed by atoms with van der Waals surface area (Å²) in [6.45, 7) is 1.84. The molecule has 1 aromatic heterocycles. The molecule has 1 amide bonds. The van der Waals surface area contributed by atoms with Gasteiger partial charge in [-0.1, -0.05) is 30.3 Å². The van der Waals surface area contributed by atoms with E-state index in [1.165, 1.54) is 19.1 Å². The third-order valence-electron chi connectivity index (χ3n) is 6.00. The summed E-state index contributed by atoms with van der Waals surface area (Å²) in [5.41, 5.74) is 2.71. The number of ether oxygens (including phenoxy) is 3. The Balaban J connectivity index is 1.43. The minimum atomic E-state index is -1.12. The molecule has 0 saturated carbocycles. The minimum absolute atomic E-state index is 0.0741. The lowest BCUT2D eigenvalue weighted by Crippen LogP contribution is -2.35. The van der Waals surface area contributed by atoms with Crippen molar-refractivity contribution in [3.8, 4) is 28.7 Å². The van der Waals surface area contributed by atoms with E-state index in [1.54, 1.807) is 30.3 Å². The van der Waals surface area contributed by atoms with Crippen LogP contribution in [0.3, 0.4) is 0 Å². The maximum atomic E-state index is 13.3. The number of hydrogen-bond acceptors (Lipinski definition) is 7. The van der Waals surface area contributed by atoms with Gasteiger partial charge in [-0.25, -0.2) is 4.98 Å². The van der Waals surface area contributed by atoms with Gasteiger partial charge in [0.25, 0.3) is 5.91 Å². The van der Waals surface area contributed by atoms with Crippen LogP contribution in [-0.2, 0) is 17.8 Å². The number of aryl methyl sites for hydroxylation is 1. The van der Waals surface area contributed by atoms with Crippen LogP contribution in [-0.4, -0.2) is 54.2 Å². The molecule has 202 valence electrons. The van der Waals surface area contributed by atoms with Gasteiger partial charge in [0, 0.05) is 30.2 Å². The second kappa shape index (κ2) is 12.6. The Labute approximate surface area is 226 Å². The maximum Gasteiger partial charge on any atom is 0.323 e. The second-order valence-electron chi connectivity index (χ2n) is 8.79. The molecule has 4 aromatic rings. The molecule has 3 aromatic carbocycles. The van der Waals surface area contributed by atoms with Crippen LogP contribution >= 0.6 is 0 Å². The highest BCUT2D eigenvalue weighted by molar-refractivity contribution is 5.96. The Bertz CT molecular complexity index is 1410. The molecule has 0 aliphatic rings. The van der Waals surface area contributed by atoms with E-state index in [2.05, 4.69) is 4.98 Å². The van der Waals surface area contributed by atoms with Gasteiger partial charge < -0.3 is 28.6 Å². The number of aromatic nitrogens is 1. The van der Waals surface area contributed by atoms with Crippen LogP contribution in [0.5, 0.6) is 17.2 Å². The zero-order chi connectivity index (χ0) is 27.8. The van der Waals surface area contributed by atoms with E-state index >= 15 is 0 Å². The highest BCUT2D eigenvalue weighted by atomic mass is 16.5. The summed E-state index contributed by atoms with van der Waals surface area (Å²) in [5.74, 6) is 1.19. The summed E-state index contributed by atoms with van der Waals surface area (Å²) < 4.78 is 22.3. The van der Waals surface area contributed by atoms with E-state index in [0.29, 0.717) is 36.2 Å². The number of carbonyl (C=O) groups excluding carboxylic acids is 1. The summed E-state index contributed by atoms with van der Waals surface area (Å²) in [4.78, 5) is 30.7. The first kappa shape index (κ1) is 27.3. The number of aliphatic carboxylic acids is 1. The van der Waals surface area contributed by atoms with Gasteiger partial charge in [-0.2, -0.15) is 0 Å². The fourth-order valence-electron chi connectivity index (χ4n) is 4.06. The summed E-state index contributed by atoms with van der Waals surface area (Å²) in [6.07, 6.45) is 0.549. The highest BCUT2D eigenvalue weighted by Crippen LogP contribution is 2.25. The molecule has 9 nitrogen and oxygen atoms in total. The van der Waals surface area contributed by atoms with Gasteiger partial charge in [-0.15, -0.1) is 0 Å². The van der Waals surface area contributed by atoms with E-state index in [1.807, 2.05) is 49.4 Å². The summed E-state index contributed by atoms with van der Waals surface area (Å²) in [5, 5.41) is 9.45. The van der Waals surface area contributed by atoms with Gasteiger partial charge in [-0.3, -0.25) is 9.59 Å². The smallest absolute Gasteiger partial charge is 0.323 e. The van der Waals surface area contributed by atoms with Crippen LogP contribution in [0.25, 0.3) is 11.5 Å². The van der Waals surface area contributed by atoms with Crippen LogP contribution in [0.15, 0.2) is 77.2 Å². The number of carbonyl (C=O) groups is 2. The molecule has 0 bridgehead atoms. The molecule has 4 rings (SSSR count). The van der Waals surface area contributed by atoms with Crippen molar-refractivity contribution in [2.45, 2.75) is 19.9 Å². The van der Waals surface area contributed by atoms with Gasteiger partial charge in [0.1, 0.15) is 29.6 Å². The Morgan fingerprint density at radius 3 is 2.31 bits per heavy atom. The van der Waals surface area contributed by atoms with Crippen LogP contribution < -0.4 is 14.2 Å². The van der Waals surface area contributed by atoms with E-state index in [9.17, 15) is 14.7 Å². The largest absolute Gasteiger partial charge is 0.497 e. The quantitative estimate of drug-likeness (QED) is 0.272. The predicted molar refractivity (Wildman–Crippen MR) is 144 cm³/mol. The maximum absolute atomic E-state index is 13.3. The molecule has 0 atom stereocenters. The van der Waals surface area contributed by atoms with Gasteiger partial charge in [-0.05, 0) is 48.9 Å². The normalized spacial score (nSPS) is 10.6. The highest BCUT2D eigenvalue weighted by Gasteiger charge is 2.21. The molecule has 0 saturated heterocycles. The Kier molecular flexibility index (Phi) is 8.83. The van der Waals surface area contributed by atoms with E-state index < -0.39 is 18.4 Å². The van der Waals surface area contributed by atoms with E-state index in [4.69, 9.17) is 18.6 Å². The van der Waals surface area contributed by atoms with Crippen molar-refractivity contribution in [1.29, 1.82) is 0 Å². The first-order chi connectivity index (χ1) is 18.9. The molecule has 0 fully saturated rings. The molecule has 0 aliphatic heterocycles. The number of rotatable bonds is 12. The molecule has 1 heterocycles. The summed E-state index contributed by atoms with van der Waals surface area (Å²) >= 11 is 0. The minimum Gasteiger partial charge on any atom is -0.497 e. The standard InChI is InChI=1S/C30H30N2O7/c1-20-27(31-29(39-20)22-9-5-4-6-10-22)12-13-38-24-11-7-8-21(14-24)18-32(19-28(33)34)30(35)23-15-25(36-2)17-26(16-23)37-3/h4-11,14-17H,12-13,18-19H2,1-3H3,(H,33,34). The SMILES string of the molecule is COc1cc(OC)cc(C(=O)N(CC(=O)O)Cc2cccc(OCCc3nc(-c4ccccc4)oc3C)c2)c1. The lowest BCUT2D eigenvalue weighted by molar-refractivity contribution is -0.137. The zero-order valence-corrected chi connectivity index (χ0v) is 22.0.